The number of para-hydroxylation sites is 2. The van der Waals surface area contributed by atoms with Gasteiger partial charge in [0.15, 0.2) is 0 Å². The zero-order chi connectivity index (χ0) is 49.2. The highest BCUT2D eigenvalue weighted by atomic mass is 15.1. The van der Waals surface area contributed by atoms with E-state index >= 15 is 0 Å². The summed E-state index contributed by atoms with van der Waals surface area (Å²) in [5, 5.41) is 2.47. The van der Waals surface area contributed by atoms with Gasteiger partial charge in [0.2, 0.25) is 0 Å². The summed E-state index contributed by atoms with van der Waals surface area (Å²) < 4.78 is 2.38. The van der Waals surface area contributed by atoms with Crippen LogP contribution in [0.4, 0.5) is 17.1 Å². The number of benzene rings is 12. The first-order valence-corrected chi connectivity index (χ1v) is 25.4. The molecule has 0 N–H and O–H groups in total. The van der Waals surface area contributed by atoms with Crippen molar-refractivity contribution < 1.29 is 0 Å². The quantitative estimate of drug-likeness (QED) is 0.125. The molecule has 1 heterocycles. The van der Waals surface area contributed by atoms with Crippen molar-refractivity contribution in [1.29, 1.82) is 0 Å². The van der Waals surface area contributed by atoms with Gasteiger partial charge in [-0.05, 0) is 145 Å². The van der Waals surface area contributed by atoms with Crippen molar-refractivity contribution >= 4 is 38.9 Å². The van der Waals surface area contributed by atoms with Gasteiger partial charge in [0.05, 0.1) is 11.0 Å². The summed E-state index contributed by atoms with van der Waals surface area (Å²) in [4.78, 5) is 2.39. The van der Waals surface area contributed by atoms with E-state index in [9.17, 15) is 0 Å². The first kappa shape index (κ1) is 44.2. The van der Waals surface area contributed by atoms with Crippen LogP contribution in [0.25, 0.3) is 105 Å². The fourth-order valence-corrected chi connectivity index (χ4v) is 10.9. The monoisotopic (exact) mass is 942 g/mol. The van der Waals surface area contributed by atoms with E-state index < -0.39 is 0 Å². The zero-order valence-electron chi connectivity index (χ0n) is 40.8. The van der Waals surface area contributed by atoms with Crippen molar-refractivity contribution in [1.82, 2.24) is 4.57 Å². The van der Waals surface area contributed by atoms with Crippen LogP contribution in [0.5, 0.6) is 0 Å². The smallest absolute Gasteiger partial charge is 0.0541 e. The Kier molecular flexibility index (Phi) is 11.6. The third-order valence-electron chi connectivity index (χ3n) is 14.4. The summed E-state index contributed by atoms with van der Waals surface area (Å²) in [6.07, 6.45) is 0. The average molecular weight is 943 g/mol. The van der Waals surface area contributed by atoms with Crippen molar-refractivity contribution in [2.24, 2.45) is 0 Å². The number of nitrogens with zero attached hydrogens (tertiary/aromatic N) is 2. The van der Waals surface area contributed by atoms with Crippen LogP contribution in [0.2, 0.25) is 0 Å². The summed E-state index contributed by atoms with van der Waals surface area (Å²) in [6, 6.07) is 110. The summed E-state index contributed by atoms with van der Waals surface area (Å²) in [5.74, 6) is 0. The Labute approximate surface area is 433 Å². The predicted molar refractivity (Wildman–Crippen MR) is 314 cm³/mol. The largest absolute Gasteiger partial charge is 0.310 e. The van der Waals surface area contributed by atoms with Gasteiger partial charge in [0, 0.05) is 33.5 Å². The van der Waals surface area contributed by atoms with Crippen molar-refractivity contribution in [2.75, 3.05) is 4.90 Å². The molecule has 0 saturated heterocycles. The second-order valence-corrected chi connectivity index (χ2v) is 18.8. The number of fused-ring (bicyclic) bond motifs is 3. The third-order valence-corrected chi connectivity index (χ3v) is 14.4. The standard InChI is InChI=1S/C72H50N2/c1-5-19-51(20-6-1)52-35-37-53(38-36-52)54-39-44-61(45-40-54)73(63-28-17-25-58(49-63)59-43-48-71-69(50-59)67-30-15-16-34-70(67)74(71)60-26-11-4-12-27-60)62-46-41-57(42-47-62)66-33-18-32-65(56-23-9-3-10-24-56)72(66)68-31-14-13-29-64(68)55-21-7-2-8-22-55/h1-50H. The summed E-state index contributed by atoms with van der Waals surface area (Å²) in [7, 11) is 0. The summed E-state index contributed by atoms with van der Waals surface area (Å²) in [6.45, 7) is 0. The maximum atomic E-state index is 2.39. The van der Waals surface area contributed by atoms with Crippen LogP contribution >= 0.6 is 0 Å². The van der Waals surface area contributed by atoms with Gasteiger partial charge in [-0.1, -0.05) is 237 Å². The molecule has 13 aromatic rings. The van der Waals surface area contributed by atoms with E-state index in [4.69, 9.17) is 0 Å². The van der Waals surface area contributed by atoms with Crippen LogP contribution in [0.1, 0.15) is 0 Å². The molecule has 2 heteroatoms. The number of anilines is 3. The Morgan fingerprint density at radius 1 is 0.216 bits per heavy atom. The van der Waals surface area contributed by atoms with Crippen molar-refractivity contribution in [2.45, 2.75) is 0 Å². The molecule has 0 fully saturated rings. The maximum Gasteiger partial charge on any atom is 0.0541 e. The molecule has 0 amide bonds. The van der Waals surface area contributed by atoms with E-state index in [0.717, 1.165) is 33.9 Å². The minimum Gasteiger partial charge on any atom is -0.310 e. The van der Waals surface area contributed by atoms with Crippen LogP contribution in [-0.2, 0) is 0 Å². The Balaban J connectivity index is 0.924. The number of hydrogen-bond donors (Lipinski definition) is 0. The molecule has 0 aliphatic carbocycles. The SMILES string of the molecule is c1ccc(-c2ccc(-c3ccc(N(c4ccc(-c5cccc(-c6ccccc6)c5-c5ccccc5-c5ccccc5)cc4)c4cccc(-c5ccc6c(c5)c5ccccc5n6-c5ccccc5)c4)cc3)cc2)cc1. The molecular formula is C72H50N2. The van der Waals surface area contributed by atoms with E-state index in [1.807, 2.05) is 0 Å². The molecular weight excluding hydrogens is 893 g/mol. The second kappa shape index (κ2) is 19.4. The molecule has 0 spiro atoms. The molecule has 74 heavy (non-hydrogen) atoms. The van der Waals surface area contributed by atoms with Crippen molar-refractivity contribution in [3.63, 3.8) is 0 Å². The Morgan fingerprint density at radius 2 is 0.608 bits per heavy atom. The first-order chi connectivity index (χ1) is 36.7. The van der Waals surface area contributed by atoms with Gasteiger partial charge in [0.1, 0.15) is 0 Å². The lowest BCUT2D eigenvalue weighted by molar-refractivity contribution is 1.18. The molecule has 348 valence electrons. The minimum atomic E-state index is 1.07. The second-order valence-electron chi connectivity index (χ2n) is 18.8. The van der Waals surface area contributed by atoms with Gasteiger partial charge in [-0.2, -0.15) is 0 Å². The van der Waals surface area contributed by atoms with Crippen LogP contribution in [-0.4, -0.2) is 4.57 Å². The van der Waals surface area contributed by atoms with Crippen LogP contribution in [0.3, 0.4) is 0 Å². The van der Waals surface area contributed by atoms with E-state index in [0.29, 0.717) is 0 Å². The van der Waals surface area contributed by atoms with E-state index in [2.05, 4.69) is 313 Å². The summed E-state index contributed by atoms with van der Waals surface area (Å²) in [5.41, 5.74) is 23.4. The predicted octanol–water partition coefficient (Wildman–Crippen LogP) is 19.9. The van der Waals surface area contributed by atoms with Gasteiger partial charge in [-0.3, -0.25) is 0 Å². The Hall–Kier alpha value is -9.76. The van der Waals surface area contributed by atoms with Crippen molar-refractivity contribution in [3.05, 3.63) is 303 Å². The van der Waals surface area contributed by atoms with Gasteiger partial charge in [-0.25, -0.2) is 0 Å². The highest BCUT2D eigenvalue weighted by molar-refractivity contribution is 6.10. The number of hydrogen-bond acceptors (Lipinski definition) is 1. The molecule has 0 aliphatic heterocycles. The Bertz CT molecular complexity index is 4070. The van der Waals surface area contributed by atoms with E-state index in [1.165, 1.54) is 88.6 Å². The molecule has 0 saturated carbocycles. The van der Waals surface area contributed by atoms with E-state index in [-0.39, 0.29) is 0 Å². The van der Waals surface area contributed by atoms with Crippen molar-refractivity contribution in [3.8, 4) is 83.6 Å². The molecule has 2 nitrogen and oxygen atoms in total. The fourth-order valence-electron chi connectivity index (χ4n) is 10.9. The molecule has 12 aromatic carbocycles. The molecule has 0 radical (unpaired) electrons. The molecule has 13 rings (SSSR count). The summed E-state index contributed by atoms with van der Waals surface area (Å²) >= 11 is 0. The number of aromatic nitrogens is 1. The van der Waals surface area contributed by atoms with Gasteiger partial charge >= 0.3 is 0 Å². The Morgan fingerprint density at radius 3 is 1.23 bits per heavy atom. The molecule has 1 aromatic heterocycles. The lowest BCUT2D eigenvalue weighted by Crippen LogP contribution is -2.10. The molecule has 0 bridgehead atoms. The minimum absolute atomic E-state index is 1.07. The molecule has 0 unspecified atom stereocenters. The zero-order valence-corrected chi connectivity index (χ0v) is 40.8. The molecule has 0 aliphatic rings. The number of rotatable bonds is 11. The third kappa shape index (κ3) is 8.35. The highest BCUT2D eigenvalue weighted by Crippen LogP contribution is 2.46. The lowest BCUT2D eigenvalue weighted by atomic mass is 9.84. The highest BCUT2D eigenvalue weighted by Gasteiger charge is 2.20. The van der Waals surface area contributed by atoms with Crippen LogP contribution < -0.4 is 4.90 Å². The lowest BCUT2D eigenvalue weighted by Gasteiger charge is -2.27. The fraction of sp³-hybridized carbons (Fsp3) is 0. The van der Waals surface area contributed by atoms with Crippen LogP contribution in [0.15, 0.2) is 303 Å². The van der Waals surface area contributed by atoms with Crippen LogP contribution in [0, 0.1) is 0 Å². The van der Waals surface area contributed by atoms with E-state index in [1.54, 1.807) is 0 Å². The molecule has 0 atom stereocenters. The topological polar surface area (TPSA) is 8.17 Å². The van der Waals surface area contributed by atoms with Gasteiger partial charge in [0.25, 0.3) is 0 Å². The normalized spacial score (nSPS) is 11.2. The van der Waals surface area contributed by atoms with Gasteiger partial charge < -0.3 is 9.47 Å². The average Bonchev–Trinajstić information content (AvgIpc) is 3.83. The first-order valence-electron chi connectivity index (χ1n) is 25.4. The van der Waals surface area contributed by atoms with Gasteiger partial charge in [-0.15, -0.1) is 0 Å². The maximum absolute atomic E-state index is 2.39.